The van der Waals surface area contributed by atoms with Gasteiger partial charge in [0, 0.05) is 11.5 Å². The lowest BCUT2D eigenvalue weighted by Gasteiger charge is -2.18. The molecular weight excluding hydrogens is 315 g/mol. The van der Waals surface area contributed by atoms with Crippen LogP contribution in [0.1, 0.15) is 17.9 Å². The summed E-state index contributed by atoms with van der Waals surface area (Å²) in [5, 5.41) is 9.01. The van der Waals surface area contributed by atoms with E-state index in [1.807, 2.05) is 0 Å². The van der Waals surface area contributed by atoms with Crippen molar-refractivity contribution < 1.29 is 41.3 Å². The van der Waals surface area contributed by atoms with Crippen molar-refractivity contribution in [3.8, 4) is 5.75 Å². The van der Waals surface area contributed by atoms with Crippen LogP contribution in [0.15, 0.2) is 12.1 Å². The summed E-state index contributed by atoms with van der Waals surface area (Å²) in [4.78, 5) is 11.1. The van der Waals surface area contributed by atoms with Crippen LogP contribution in [-0.2, 0) is 9.53 Å². The maximum absolute atomic E-state index is 13.7. The van der Waals surface area contributed by atoms with Crippen molar-refractivity contribution in [1.29, 1.82) is 0 Å². The Morgan fingerprint density at radius 3 is 2.50 bits per heavy atom. The first kappa shape index (κ1) is 16.5. The van der Waals surface area contributed by atoms with Crippen molar-refractivity contribution in [2.24, 2.45) is 0 Å². The quantitative estimate of drug-likeness (QED) is 0.868. The molecule has 3 unspecified atom stereocenters. The van der Waals surface area contributed by atoms with E-state index in [4.69, 9.17) is 5.11 Å². The summed E-state index contributed by atoms with van der Waals surface area (Å²) in [6.07, 6.45) is -9.60. The summed E-state index contributed by atoms with van der Waals surface area (Å²) in [5.74, 6) is -6.20. The molecule has 1 aliphatic heterocycles. The lowest BCUT2D eigenvalue weighted by atomic mass is 9.90. The highest BCUT2D eigenvalue weighted by molar-refractivity contribution is 5.74. The van der Waals surface area contributed by atoms with Gasteiger partial charge in [0.25, 0.3) is 0 Å². The highest BCUT2D eigenvalue weighted by Gasteiger charge is 2.53. The molecule has 0 aliphatic carbocycles. The van der Waals surface area contributed by atoms with Crippen molar-refractivity contribution in [3.05, 3.63) is 29.3 Å². The van der Waals surface area contributed by atoms with Crippen LogP contribution in [0.2, 0.25) is 0 Å². The van der Waals surface area contributed by atoms with Gasteiger partial charge in [-0.05, 0) is 12.5 Å². The summed E-state index contributed by atoms with van der Waals surface area (Å²) < 4.78 is 74.2. The number of methoxy groups -OCH3 is 1. The maximum atomic E-state index is 13.7. The molecule has 22 heavy (non-hydrogen) atoms. The first-order chi connectivity index (χ1) is 10.2. The van der Waals surface area contributed by atoms with Crippen LogP contribution >= 0.6 is 0 Å². The van der Waals surface area contributed by atoms with Crippen molar-refractivity contribution in [3.63, 3.8) is 0 Å². The van der Waals surface area contributed by atoms with Gasteiger partial charge in [0.2, 0.25) is 5.82 Å². The molecule has 3 atom stereocenters. The number of carboxylic acid groups (broad SMARTS) is 1. The van der Waals surface area contributed by atoms with Gasteiger partial charge < -0.3 is 14.6 Å². The number of benzene rings is 1. The number of hydrogen-bond donors (Lipinski definition) is 1. The van der Waals surface area contributed by atoms with Crippen LogP contribution in [0.5, 0.6) is 5.75 Å². The first-order valence-electron chi connectivity index (χ1n) is 6.13. The number of aliphatic carboxylic acids is 1. The fourth-order valence-corrected chi connectivity index (χ4v) is 2.46. The Labute approximate surface area is 121 Å². The van der Waals surface area contributed by atoms with Crippen molar-refractivity contribution in [2.75, 3.05) is 7.11 Å². The summed E-state index contributed by atoms with van der Waals surface area (Å²) in [5.41, 5.74) is -0.180. The Morgan fingerprint density at radius 1 is 1.36 bits per heavy atom. The topological polar surface area (TPSA) is 55.8 Å². The Hall–Kier alpha value is -1.90. The molecule has 1 heterocycles. The average molecular weight is 326 g/mol. The van der Waals surface area contributed by atoms with Gasteiger partial charge >= 0.3 is 12.1 Å². The van der Waals surface area contributed by atoms with Gasteiger partial charge in [-0.25, -0.2) is 9.18 Å². The van der Waals surface area contributed by atoms with E-state index < -0.39 is 54.1 Å². The van der Waals surface area contributed by atoms with E-state index in [9.17, 15) is 26.7 Å². The highest BCUT2D eigenvalue weighted by atomic mass is 19.4. The minimum Gasteiger partial charge on any atom is -0.493 e. The Balaban J connectivity index is 2.46. The third-order valence-electron chi connectivity index (χ3n) is 3.44. The SMILES string of the molecule is COc1c(C2CC(C(F)(F)F)OC2C(=O)O)ccc(F)c1F. The second kappa shape index (κ2) is 5.71. The molecule has 1 aromatic carbocycles. The number of alkyl halides is 3. The largest absolute Gasteiger partial charge is 0.493 e. The van der Waals surface area contributed by atoms with Gasteiger partial charge in [0.05, 0.1) is 7.11 Å². The summed E-state index contributed by atoms with van der Waals surface area (Å²) in [6, 6.07) is 1.70. The van der Waals surface area contributed by atoms with Crippen LogP contribution in [0.3, 0.4) is 0 Å². The van der Waals surface area contributed by atoms with Gasteiger partial charge in [-0.3, -0.25) is 0 Å². The van der Waals surface area contributed by atoms with E-state index in [1.54, 1.807) is 0 Å². The zero-order valence-corrected chi connectivity index (χ0v) is 11.2. The smallest absolute Gasteiger partial charge is 0.414 e. The molecule has 1 aromatic rings. The van der Waals surface area contributed by atoms with Gasteiger partial charge in [-0.15, -0.1) is 0 Å². The fourth-order valence-electron chi connectivity index (χ4n) is 2.46. The van der Waals surface area contributed by atoms with E-state index >= 15 is 0 Å². The normalized spacial score (nSPS) is 25.3. The minimum absolute atomic E-state index is 0.180. The zero-order chi connectivity index (χ0) is 16.7. The van der Waals surface area contributed by atoms with E-state index in [1.165, 1.54) is 0 Å². The molecule has 2 rings (SSSR count). The summed E-state index contributed by atoms with van der Waals surface area (Å²) in [6.45, 7) is 0. The van der Waals surface area contributed by atoms with Crippen molar-refractivity contribution in [2.45, 2.75) is 30.7 Å². The summed E-state index contributed by atoms with van der Waals surface area (Å²) in [7, 11) is 1.01. The highest BCUT2D eigenvalue weighted by Crippen LogP contribution is 2.45. The Kier molecular flexibility index (Phi) is 4.28. The van der Waals surface area contributed by atoms with Crippen LogP contribution in [-0.4, -0.2) is 36.6 Å². The maximum Gasteiger partial charge on any atom is 0.414 e. The van der Waals surface area contributed by atoms with E-state index in [-0.39, 0.29) is 5.56 Å². The van der Waals surface area contributed by atoms with Gasteiger partial charge in [0.1, 0.15) is 0 Å². The van der Waals surface area contributed by atoms with Gasteiger partial charge in [0.15, 0.2) is 23.8 Å². The molecule has 0 aromatic heterocycles. The Bertz CT molecular complexity index is 587. The first-order valence-corrected chi connectivity index (χ1v) is 6.13. The van der Waals surface area contributed by atoms with Crippen LogP contribution in [0.25, 0.3) is 0 Å². The second-order valence-corrected chi connectivity index (χ2v) is 4.75. The molecule has 122 valence electrons. The molecule has 0 radical (unpaired) electrons. The molecule has 0 bridgehead atoms. The molecule has 1 saturated heterocycles. The average Bonchev–Trinajstić information content (AvgIpc) is 2.86. The van der Waals surface area contributed by atoms with Gasteiger partial charge in [-0.2, -0.15) is 17.6 Å². The second-order valence-electron chi connectivity index (χ2n) is 4.75. The molecule has 9 heteroatoms. The fraction of sp³-hybridized carbons (Fsp3) is 0.462. The number of rotatable bonds is 3. The number of carboxylic acids is 1. The Morgan fingerprint density at radius 2 is 2.00 bits per heavy atom. The molecule has 0 amide bonds. The summed E-state index contributed by atoms with van der Waals surface area (Å²) >= 11 is 0. The van der Waals surface area contributed by atoms with E-state index in [0.29, 0.717) is 6.07 Å². The molecule has 1 fully saturated rings. The zero-order valence-electron chi connectivity index (χ0n) is 11.2. The number of hydrogen-bond acceptors (Lipinski definition) is 3. The van der Waals surface area contributed by atoms with E-state index in [0.717, 1.165) is 13.2 Å². The van der Waals surface area contributed by atoms with Crippen molar-refractivity contribution >= 4 is 5.97 Å². The number of carbonyl (C=O) groups is 1. The monoisotopic (exact) mass is 326 g/mol. The third kappa shape index (κ3) is 2.85. The molecule has 1 aliphatic rings. The lowest BCUT2D eigenvalue weighted by Crippen LogP contribution is -2.31. The van der Waals surface area contributed by atoms with E-state index in [2.05, 4.69) is 9.47 Å². The van der Waals surface area contributed by atoms with Crippen molar-refractivity contribution in [1.82, 2.24) is 0 Å². The molecular formula is C13H11F5O4. The predicted octanol–water partition coefficient (Wildman–Crippen LogP) is 2.86. The minimum atomic E-state index is -4.76. The standard InChI is InChI=1S/C13H11F5O4/c1-21-10-5(2-3-7(14)9(10)15)6-4-8(13(16,17)18)22-11(6)12(19)20/h2-3,6,8,11H,4H2,1H3,(H,19,20). The molecule has 4 nitrogen and oxygen atoms in total. The molecule has 0 spiro atoms. The van der Waals surface area contributed by atoms with Gasteiger partial charge in [-0.1, -0.05) is 6.07 Å². The molecule has 0 saturated carbocycles. The third-order valence-corrected chi connectivity index (χ3v) is 3.44. The lowest BCUT2D eigenvalue weighted by molar-refractivity contribution is -0.216. The number of halogens is 5. The molecule has 1 N–H and O–H groups in total. The van der Waals surface area contributed by atoms with Crippen LogP contribution < -0.4 is 4.74 Å². The van der Waals surface area contributed by atoms with Crippen LogP contribution in [0, 0.1) is 11.6 Å². The van der Waals surface area contributed by atoms with Crippen LogP contribution in [0.4, 0.5) is 22.0 Å². The number of ether oxygens (including phenoxy) is 2. The predicted molar refractivity (Wildman–Crippen MR) is 62.6 cm³/mol.